The smallest absolute Gasteiger partial charge is 1.00 e. The van der Waals surface area contributed by atoms with Crippen LogP contribution in [0.25, 0.3) is 0 Å². The van der Waals surface area contributed by atoms with Gasteiger partial charge >= 0.3 is 23.1 Å². The van der Waals surface area contributed by atoms with Gasteiger partial charge in [0.25, 0.3) is 0 Å². The molecule has 0 aliphatic heterocycles. The molecule has 0 aliphatic carbocycles. The number of ether oxygens (including phenoxy) is 2. The van der Waals surface area contributed by atoms with Crippen LogP contribution in [-0.4, -0.2) is 43.6 Å². The Morgan fingerprint density at radius 2 is 1.57 bits per heavy atom. The molecule has 0 atom stereocenters. The van der Waals surface area contributed by atoms with Gasteiger partial charge in [-0.3, -0.25) is 0 Å². The van der Waals surface area contributed by atoms with Crippen LogP contribution in [0.15, 0.2) is 0 Å². The summed E-state index contributed by atoms with van der Waals surface area (Å²) in [4.78, 5) is 0. The van der Waals surface area contributed by atoms with Gasteiger partial charge in [-0.15, -0.1) is 0 Å². The van der Waals surface area contributed by atoms with E-state index < -0.39 is 0 Å². The Hall–Kier alpha value is 1.17. The van der Waals surface area contributed by atoms with Gasteiger partial charge in [0.2, 0.25) is 0 Å². The fourth-order valence-corrected chi connectivity index (χ4v) is 1.05. The Morgan fingerprint density at radius 3 is 2.14 bits per heavy atom. The number of hydrogen-bond acceptors (Lipinski definition) is 2. The first-order valence-corrected chi connectivity index (χ1v) is 4.77. The predicted molar refractivity (Wildman–Crippen MR) is 56.6 cm³/mol. The third-order valence-corrected chi connectivity index (χ3v) is 1.74. The second kappa shape index (κ2) is 19.7. The van der Waals surface area contributed by atoms with E-state index in [1.54, 1.807) is 7.11 Å². The van der Waals surface area contributed by atoms with Gasteiger partial charge in [0, 0.05) is 13.7 Å². The van der Waals surface area contributed by atoms with E-state index in [0.29, 0.717) is 6.79 Å². The zero-order chi connectivity index (χ0) is 9.07. The summed E-state index contributed by atoms with van der Waals surface area (Å²) in [5, 5.41) is 0. The maximum Gasteiger partial charge on any atom is 2.00 e. The summed E-state index contributed by atoms with van der Waals surface area (Å²) in [7, 11) is 1.65. The normalized spacial score (nSPS) is 9.00. The molecule has 0 aliphatic rings. The Labute approximate surface area is 115 Å². The van der Waals surface area contributed by atoms with E-state index in [4.69, 9.17) is 9.47 Å². The van der Waals surface area contributed by atoms with Crippen molar-refractivity contribution < 1.29 is 26.5 Å². The largest absolute Gasteiger partial charge is 2.00 e. The van der Waals surface area contributed by atoms with Crippen LogP contribution in [0.3, 0.4) is 0 Å². The van der Waals surface area contributed by atoms with Gasteiger partial charge in [-0.05, 0) is 6.42 Å². The van der Waals surface area contributed by atoms with Crippen molar-refractivity contribution in [3.05, 3.63) is 6.92 Å². The van der Waals surface area contributed by atoms with Crippen LogP contribution in [0.1, 0.15) is 38.5 Å². The summed E-state index contributed by atoms with van der Waals surface area (Å²) in [5.74, 6) is 0. The molecule has 0 heterocycles. The second-order valence-electron chi connectivity index (χ2n) is 2.94. The van der Waals surface area contributed by atoms with E-state index in [0.717, 1.165) is 19.4 Å². The zero-order valence-electron chi connectivity index (χ0n) is 9.27. The molecule has 2 nitrogen and oxygen atoms in total. The van der Waals surface area contributed by atoms with Gasteiger partial charge < -0.3 is 33.4 Å². The van der Waals surface area contributed by atoms with Crippen LogP contribution in [0.5, 0.6) is 0 Å². The standard InChI is InChI=1S/C10H21O2.BrH.Mg/c1-3-4-5-6-7-8-9-12-10-11-2;;/h1,3-10H2,2H3;1H;/q-1;;+2/p-1. The van der Waals surface area contributed by atoms with Crippen LogP contribution in [-0.2, 0) is 9.47 Å². The molecular formula is C10H21BrMgO2. The monoisotopic (exact) mass is 276 g/mol. The average Bonchev–Trinajstić information content (AvgIpc) is 2.10. The summed E-state index contributed by atoms with van der Waals surface area (Å²) < 4.78 is 9.91. The van der Waals surface area contributed by atoms with Gasteiger partial charge in [-0.25, -0.2) is 0 Å². The molecule has 4 heteroatoms. The zero-order valence-corrected chi connectivity index (χ0v) is 12.3. The van der Waals surface area contributed by atoms with E-state index in [2.05, 4.69) is 6.92 Å². The molecule has 0 radical (unpaired) electrons. The van der Waals surface area contributed by atoms with E-state index in [1.165, 1.54) is 25.7 Å². The number of rotatable bonds is 9. The minimum atomic E-state index is 0. The second-order valence-corrected chi connectivity index (χ2v) is 2.94. The summed E-state index contributed by atoms with van der Waals surface area (Å²) in [6.07, 6.45) is 7.38. The van der Waals surface area contributed by atoms with Crippen molar-refractivity contribution in [2.24, 2.45) is 0 Å². The summed E-state index contributed by atoms with van der Waals surface area (Å²) >= 11 is 0. The molecule has 14 heavy (non-hydrogen) atoms. The molecule has 0 amide bonds. The number of hydrogen-bond donors (Lipinski definition) is 0. The molecule has 0 rings (SSSR count). The molecule has 0 N–H and O–H groups in total. The first-order valence-electron chi connectivity index (χ1n) is 4.77. The van der Waals surface area contributed by atoms with E-state index >= 15 is 0 Å². The van der Waals surface area contributed by atoms with Crippen molar-refractivity contribution in [2.75, 3.05) is 20.5 Å². The van der Waals surface area contributed by atoms with Gasteiger partial charge in [-0.2, -0.15) is 6.42 Å². The van der Waals surface area contributed by atoms with Gasteiger partial charge in [-0.1, -0.05) is 25.7 Å². The first kappa shape index (κ1) is 20.6. The Balaban J connectivity index is -0.000000605. The van der Waals surface area contributed by atoms with Crippen LogP contribution in [0.4, 0.5) is 0 Å². The van der Waals surface area contributed by atoms with Crippen molar-refractivity contribution >= 4 is 23.1 Å². The Kier molecular flexibility index (Phi) is 28.9. The molecule has 0 saturated carbocycles. The quantitative estimate of drug-likeness (QED) is 0.243. The third-order valence-electron chi connectivity index (χ3n) is 1.74. The van der Waals surface area contributed by atoms with Crippen molar-refractivity contribution in [3.8, 4) is 0 Å². The molecule has 0 fully saturated rings. The number of methoxy groups -OCH3 is 1. The first-order chi connectivity index (χ1) is 5.91. The summed E-state index contributed by atoms with van der Waals surface area (Å²) in [6, 6.07) is 0. The molecule has 0 aromatic heterocycles. The van der Waals surface area contributed by atoms with E-state index in [1.807, 2.05) is 0 Å². The number of unbranched alkanes of at least 4 members (excludes halogenated alkanes) is 5. The minimum Gasteiger partial charge on any atom is -1.00 e. The van der Waals surface area contributed by atoms with Crippen LogP contribution < -0.4 is 17.0 Å². The molecule has 0 bridgehead atoms. The molecule has 0 unspecified atom stereocenters. The van der Waals surface area contributed by atoms with Gasteiger partial charge in [0.1, 0.15) is 6.79 Å². The summed E-state index contributed by atoms with van der Waals surface area (Å²) in [5.41, 5.74) is 0. The van der Waals surface area contributed by atoms with Crippen LogP contribution in [0.2, 0.25) is 0 Å². The van der Waals surface area contributed by atoms with Gasteiger partial charge in [0.15, 0.2) is 0 Å². The molecule has 0 aromatic carbocycles. The fraction of sp³-hybridized carbons (Fsp3) is 0.900. The molecule has 82 valence electrons. The number of halogens is 1. The maximum atomic E-state index is 5.15. The van der Waals surface area contributed by atoms with Crippen molar-refractivity contribution in [3.63, 3.8) is 0 Å². The summed E-state index contributed by atoms with van der Waals surface area (Å²) in [6.45, 7) is 5.06. The Bertz CT molecular complexity index is 74.5. The molecular weight excluding hydrogens is 256 g/mol. The van der Waals surface area contributed by atoms with Crippen molar-refractivity contribution in [1.82, 2.24) is 0 Å². The van der Waals surface area contributed by atoms with Crippen molar-refractivity contribution in [2.45, 2.75) is 38.5 Å². The van der Waals surface area contributed by atoms with Crippen LogP contribution in [0, 0.1) is 6.92 Å². The SMILES string of the molecule is [Br-].[CH2-]CCCCCCCOCOC.[Mg+2]. The van der Waals surface area contributed by atoms with Crippen molar-refractivity contribution in [1.29, 1.82) is 0 Å². The maximum absolute atomic E-state index is 5.15. The average molecular weight is 277 g/mol. The minimum absolute atomic E-state index is 0. The Morgan fingerprint density at radius 1 is 1.00 bits per heavy atom. The third kappa shape index (κ3) is 18.9. The molecule has 0 aromatic rings. The predicted octanol–water partition coefficient (Wildman–Crippen LogP) is -0.595. The molecule has 0 saturated heterocycles. The molecule has 0 spiro atoms. The van der Waals surface area contributed by atoms with E-state index in [9.17, 15) is 0 Å². The van der Waals surface area contributed by atoms with E-state index in [-0.39, 0.29) is 40.0 Å². The van der Waals surface area contributed by atoms with Gasteiger partial charge in [0.05, 0.1) is 0 Å². The topological polar surface area (TPSA) is 18.5 Å². The van der Waals surface area contributed by atoms with Crippen LogP contribution >= 0.6 is 0 Å². The fourth-order valence-electron chi connectivity index (χ4n) is 1.05.